The summed E-state index contributed by atoms with van der Waals surface area (Å²) in [4.78, 5) is 22.0. The van der Waals surface area contributed by atoms with Crippen molar-refractivity contribution in [1.82, 2.24) is 19.4 Å². The normalized spacial score (nSPS) is 21.1. The molecule has 2 aliphatic heterocycles. The van der Waals surface area contributed by atoms with Gasteiger partial charge in [-0.25, -0.2) is 4.98 Å². The third-order valence-electron chi connectivity index (χ3n) is 5.98. The van der Waals surface area contributed by atoms with Crippen molar-refractivity contribution < 1.29 is 9.53 Å². The van der Waals surface area contributed by atoms with Crippen molar-refractivity contribution in [3.8, 4) is 5.88 Å². The van der Waals surface area contributed by atoms with Crippen LogP contribution in [0.2, 0.25) is 0 Å². The number of fused-ring (bicyclic) bond motifs is 3. The van der Waals surface area contributed by atoms with Gasteiger partial charge >= 0.3 is 0 Å². The molecule has 3 aromatic rings. The predicted octanol–water partition coefficient (Wildman–Crippen LogP) is 2.97. The van der Waals surface area contributed by atoms with Crippen molar-refractivity contribution in [2.75, 3.05) is 20.2 Å². The van der Waals surface area contributed by atoms with Crippen LogP contribution in [0.25, 0.3) is 0 Å². The predicted molar refractivity (Wildman–Crippen MR) is 110 cm³/mol. The molecular formula is C23H24N4O2. The van der Waals surface area contributed by atoms with E-state index in [0.29, 0.717) is 12.4 Å². The van der Waals surface area contributed by atoms with E-state index in [4.69, 9.17) is 4.74 Å². The Kier molecular flexibility index (Phi) is 4.56. The number of carbonyl (C=O) groups is 1. The van der Waals surface area contributed by atoms with Gasteiger partial charge < -0.3 is 14.2 Å². The molecule has 29 heavy (non-hydrogen) atoms. The van der Waals surface area contributed by atoms with E-state index < -0.39 is 0 Å². The minimum absolute atomic E-state index is 0.112. The van der Waals surface area contributed by atoms with Gasteiger partial charge in [0.15, 0.2) is 0 Å². The molecule has 0 N–H and O–H groups in total. The zero-order valence-corrected chi connectivity index (χ0v) is 16.4. The number of amides is 1. The van der Waals surface area contributed by atoms with Gasteiger partial charge in [0, 0.05) is 44.1 Å². The molecule has 4 heterocycles. The Morgan fingerprint density at radius 3 is 2.66 bits per heavy atom. The molecule has 0 spiro atoms. The number of carbonyl (C=O) groups excluding carboxylic acids is 1. The number of pyridine rings is 1. The highest BCUT2D eigenvalue weighted by atomic mass is 16.5. The number of hydrogen-bond acceptors (Lipinski definition) is 4. The molecule has 5 rings (SSSR count). The maximum absolute atomic E-state index is 13.2. The van der Waals surface area contributed by atoms with Crippen LogP contribution in [0, 0.1) is 0 Å². The van der Waals surface area contributed by atoms with Gasteiger partial charge in [-0.3, -0.25) is 9.69 Å². The summed E-state index contributed by atoms with van der Waals surface area (Å²) in [6.45, 7) is 3.12. The van der Waals surface area contributed by atoms with E-state index in [1.54, 1.807) is 13.3 Å². The quantitative estimate of drug-likeness (QED) is 0.674. The van der Waals surface area contributed by atoms with Gasteiger partial charge in [0.05, 0.1) is 19.2 Å². The zero-order valence-electron chi connectivity index (χ0n) is 16.4. The molecule has 2 aromatic heterocycles. The van der Waals surface area contributed by atoms with E-state index in [9.17, 15) is 4.79 Å². The minimum Gasteiger partial charge on any atom is -0.481 e. The van der Waals surface area contributed by atoms with Crippen LogP contribution in [-0.4, -0.2) is 51.5 Å². The summed E-state index contributed by atoms with van der Waals surface area (Å²) >= 11 is 0. The summed E-state index contributed by atoms with van der Waals surface area (Å²) in [6, 6.07) is 18.5. The van der Waals surface area contributed by atoms with Crippen molar-refractivity contribution in [2.45, 2.75) is 25.2 Å². The molecule has 1 aromatic carbocycles. The van der Waals surface area contributed by atoms with Gasteiger partial charge in [-0.15, -0.1) is 0 Å². The van der Waals surface area contributed by atoms with Crippen molar-refractivity contribution in [3.05, 3.63) is 83.8 Å². The number of methoxy groups -OCH3 is 1. The number of hydrogen-bond donors (Lipinski definition) is 0. The standard InChI is InChI=1S/C23H24N4O2/c1-29-22-18(9-5-11-24-22)14-25-15-20-21(16-25)27(13-17-7-3-2-4-8-17)23(28)19-10-6-12-26(19)20/h2-12,20-21H,13-16H2,1H3/t20-,21-/m0/s1. The topological polar surface area (TPSA) is 50.6 Å². The second kappa shape index (κ2) is 7.37. The summed E-state index contributed by atoms with van der Waals surface area (Å²) < 4.78 is 7.59. The molecule has 2 aliphatic rings. The lowest BCUT2D eigenvalue weighted by molar-refractivity contribution is 0.0556. The Morgan fingerprint density at radius 2 is 1.83 bits per heavy atom. The number of ether oxygens (including phenoxy) is 1. The first kappa shape index (κ1) is 17.9. The molecule has 1 fully saturated rings. The number of benzene rings is 1. The smallest absolute Gasteiger partial charge is 0.271 e. The van der Waals surface area contributed by atoms with E-state index in [0.717, 1.165) is 36.5 Å². The van der Waals surface area contributed by atoms with Crippen molar-refractivity contribution in [3.63, 3.8) is 0 Å². The second-order valence-corrected chi connectivity index (χ2v) is 7.72. The fourth-order valence-electron chi connectivity index (χ4n) is 4.66. The summed E-state index contributed by atoms with van der Waals surface area (Å²) in [5, 5.41) is 0. The lowest BCUT2D eigenvalue weighted by Crippen LogP contribution is -2.49. The van der Waals surface area contributed by atoms with Crippen LogP contribution in [0.1, 0.15) is 27.7 Å². The van der Waals surface area contributed by atoms with Crippen LogP contribution >= 0.6 is 0 Å². The first-order valence-corrected chi connectivity index (χ1v) is 9.96. The average molecular weight is 388 g/mol. The van der Waals surface area contributed by atoms with Crippen LogP contribution < -0.4 is 4.74 Å². The lowest BCUT2D eigenvalue weighted by atomic mass is 10.0. The van der Waals surface area contributed by atoms with E-state index in [1.807, 2.05) is 42.6 Å². The van der Waals surface area contributed by atoms with E-state index in [1.165, 1.54) is 0 Å². The highest BCUT2D eigenvalue weighted by molar-refractivity contribution is 5.94. The summed E-state index contributed by atoms with van der Waals surface area (Å²) in [7, 11) is 1.65. The Labute approximate surface area is 170 Å². The van der Waals surface area contributed by atoms with E-state index in [-0.39, 0.29) is 18.0 Å². The van der Waals surface area contributed by atoms with Crippen LogP contribution in [0.3, 0.4) is 0 Å². The Bertz CT molecular complexity index is 1020. The fourth-order valence-corrected chi connectivity index (χ4v) is 4.66. The van der Waals surface area contributed by atoms with Gasteiger partial charge in [0.25, 0.3) is 5.91 Å². The van der Waals surface area contributed by atoms with Crippen LogP contribution in [0.15, 0.2) is 67.0 Å². The van der Waals surface area contributed by atoms with Crippen LogP contribution in [0.4, 0.5) is 0 Å². The molecule has 1 amide bonds. The van der Waals surface area contributed by atoms with Gasteiger partial charge in [0.1, 0.15) is 5.69 Å². The number of aromatic nitrogens is 2. The van der Waals surface area contributed by atoms with Crippen molar-refractivity contribution in [2.24, 2.45) is 0 Å². The molecule has 0 unspecified atom stereocenters. The largest absolute Gasteiger partial charge is 0.481 e. The third kappa shape index (κ3) is 3.19. The molecule has 0 bridgehead atoms. The van der Waals surface area contributed by atoms with Gasteiger partial charge in [-0.05, 0) is 23.8 Å². The number of nitrogens with zero attached hydrogens (tertiary/aromatic N) is 4. The molecule has 148 valence electrons. The highest BCUT2D eigenvalue weighted by Crippen LogP contribution is 2.35. The van der Waals surface area contributed by atoms with E-state index in [2.05, 4.69) is 37.5 Å². The molecule has 2 atom stereocenters. The first-order valence-electron chi connectivity index (χ1n) is 9.96. The molecule has 0 radical (unpaired) electrons. The monoisotopic (exact) mass is 388 g/mol. The lowest BCUT2D eigenvalue weighted by Gasteiger charge is -2.38. The molecule has 0 saturated carbocycles. The zero-order chi connectivity index (χ0) is 19.8. The third-order valence-corrected chi connectivity index (χ3v) is 5.98. The Hall–Kier alpha value is -3.12. The first-order chi connectivity index (χ1) is 14.2. The van der Waals surface area contributed by atoms with Crippen molar-refractivity contribution in [1.29, 1.82) is 0 Å². The van der Waals surface area contributed by atoms with Crippen LogP contribution in [-0.2, 0) is 13.1 Å². The highest BCUT2D eigenvalue weighted by Gasteiger charge is 2.44. The Balaban J connectivity index is 1.43. The van der Waals surface area contributed by atoms with Crippen molar-refractivity contribution >= 4 is 5.91 Å². The maximum Gasteiger partial charge on any atom is 0.271 e. The summed E-state index contributed by atoms with van der Waals surface area (Å²) in [6.07, 6.45) is 3.79. The molecule has 6 nitrogen and oxygen atoms in total. The number of likely N-dealkylation sites (tertiary alicyclic amines) is 1. The molecule has 0 aliphatic carbocycles. The van der Waals surface area contributed by atoms with E-state index >= 15 is 0 Å². The SMILES string of the molecule is COc1ncccc1CN1C[C@H]2[C@H](C1)n1cccc1C(=O)N2Cc1ccccc1. The second-order valence-electron chi connectivity index (χ2n) is 7.72. The van der Waals surface area contributed by atoms with Gasteiger partial charge in [0.2, 0.25) is 5.88 Å². The Morgan fingerprint density at radius 1 is 1.00 bits per heavy atom. The van der Waals surface area contributed by atoms with Gasteiger partial charge in [-0.2, -0.15) is 0 Å². The molecule has 1 saturated heterocycles. The van der Waals surface area contributed by atoms with Crippen LogP contribution in [0.5, 0.6) is 5.88 Å². The number of rotatable bonds is 5. The average Bonchev–Trinajstić information content (AvgIpc) is 3.39. The fraction of sp³-hybridized carbons (Fsp3) is 0.304. The maximum atomic E-state index is 13.2. The van der Waals surface area contributed by atoms with Gasteiger partial charge in [-0.1, -0.05) is 36.4 Å². The molecule has 6 heteroatoms. The summed E-state index contributed by atoms with van der Waals surface area (Å²) in [5.74, 6) is 0.780. The summed E-state index contributed by atoms with van der Waals surface area (Å²) in [5.41, 5.74) is 3.01. The minimum atomic E-state index is 0.112. The molecular weight excluding hydrogens is 364 g/mol.